The van der Waals surface area contributed by atoms with Crippen LogP contribution in [0.25, 0.3) is 0 Å². The van der Waals surface area contributed by atoms with E-state index in [-0.39, 0.29) is 5.92 Å². The van der Waals surface area contributed by atoms with Crippen LogP contribution in [0.2, 0.25) is 0 Å². The molecule has 0 fully saturated rings. The third-order valence-electron chi connectivity index (χ3n) is 1.50. The molecule has 0 bridgehead atoms. The fourth-order valence-electron chi connectivity index (χ4n) is 0.811. The van der Waals surface area contributed by atoms with Gasteiger partial charge in [-0.05, 0) is 13.0 Å². The molecule has 1 rings (SSSR count). The molecule has 1 nitrogen and oxygen atoms in total. The van der Waals surface area contributed by atoms with Crippen LogP contribution in [-0.4, -0.2) is 4.98 Å². The SMILES string of the molecule is C#CC(C)c1cccnc1F. The zero-order valence-electron chi connectivity index (χ0n) is 6.21. The Balaban J connectivity index is 3.05. The number of nitrogens with zero attached hydrogens (tertiary/aromatic N) is 1. The third kappa shape index (κ3) is 1.56. The molecule has 1 atom stereocenters. The van der Waals surface area contributed by atoms with E-state index < -0.39 is 5.95 Å². The van der Waals surface area contributed by atoms with Gasteiger partial charge in [-0.3, -0.25) is 0 Å². The smallest absolute Gasteiger partial charge is 0.217 e. The molecule has 1 aromatic rings. The summed E-state index contributed by atoms with van der Waals surface area (Å²) in [5, 5.41) is 0. The van der Waals surface area contributed by atoms with Gasteiger partial charge in [0.1, 0.15) is 0 Å². The molecule has 0 aliphatic rings. The molecule has 0 N–H and O–H groups in total. The molecule has 0 saturated heterocycles. The lowest BCUT2D eigenvalue weighted by Crippen LogP contribution is -1.95. The third-order valence-corrected chi connectivity index (χ3v) is 1.50. The van der Waals surface area contributed by atoms with Crippen molar-refractivity contribution in [1.29, 1.82) is 0 Å². The van der Waals surface area contributed by atoms with Crippen LogP contribution in [0.4, 0.5) is 4.39 Å². The highest BCUT2D eigenvalue weighted by molar-refractivity contribution is 5.23. The van der Waals surface area contributed by atoms with Crippen LogP contribution in [0.3, 0.4) is 0 Å². The fourth-order valence-corrected chi connectivity index (χ4v) is 0.811. The van der Waals surface area contributed by atoms with Crippen molar-refractivity contribution in [2.75, 3.05) is 0 Å². The molecular formula is C9H8FN. The molecule has 0 amide bonds. The van der Waals surface area contributed by atoms with Gasteiger partial charge in [-0.1, -0.05) is 12.0 Å². The van der Waals surface area contributed by atoms with Gasteiger partial charge in [0, 0.05) is 17.7 Å². The maximum Gasteiger partial charge on any atom is 0.217 e. The molecule has 0 spiro atoms. The number of rotatable bonds is 1. The highest BCUT2D eigenvalue weighted by Crippen LogP contribution is 2.14. The van der Waals surface area contributed by atoms with E-state index in [0.717, 1.165) is 0 Å². The largest absolute Gasteiger partial charge is 0.228 e. The predicted octanol–water partition coefficient (Wildman–Crippen LogP) is 1.96. The number of terminal acetylenes is 1. The van der Waals surface area contributed by atoms with Gasteiger partial charge in [0.15, 0.2) is 0 Å². The van der Waals surface area contributed by atoms with Crippen LogP contribution in [0.1, 0.15) is 18.4 Å². The molecule has 1 unspecified atom stereocenters. The van der Waals surface area contributed by atoms with Gasteiger partial charge in [0.25, 0.3) is 0 Å². The van der Waals surface area contributed by atoms with Gasteiger partial charge >= 0.3 is 0 Å². The Hall–Kier alpha value is -1.36. The topological polar surface area (TPSA) is 12.9 Å². The highest BCUT2D eigenvalue weighted by Gasteiger charge is 2.06. The van der Waals surface area contributed by atoms with Crippen LogP contribution >= 0.6 is 0 Å². The second-order valence-corrected chi connectivity index (χ2v) is 2.27. The first kappa shape index (κ1) is 7.74. The zero-order valence-corrected chi connectivity index (χ0v) is 6.21. The van der Waals surface area contributed by atoms with Gasteiger partial charge in [-0.15, -0.1) is 6.42 Å². The lowest BCUT2D eigenvalue weighted by molar-refractivity contribution is 0.564. The maximum absolute atomic E-state index is 12.8. The first-order valence-electron chi connectivity index (χ1n) is 3.32. The fraction of sp³-hybridized carbons (Fsp3) is 0.222. The second-order valence-electron chi connectivity index (χ2n) is 2.27. The lowest BCUT2D eigenvalue weighted by Gasteiger charge is -2.02. The minimum atomic E-state index is -0.474. The van der Waals surface area contributed by atoms with Crippen molar-refractivity contribution in [2.24, 2.45) is 0 Å². The van der Waals surface area contributed by atoms with Crippen LogP contribution in [0.5, 0.6) is 0 Å². The molecule has 2 heteroatoms. The van der Waals surface area contributed by atoms with Crippen molar-refractivity contribution in [3.63, 3.8) is 0 Å². The molecule has 0 aliphatic heterocycles. The predicted molar refractivity (Wildman–Crippen MR) is 41.4 cm³/mol. The molecule has 0 aromatic carbocycles. The summed E-state index contributed by atoms with van der Waals surface area (Å²) in [6.07, 6.45) is 6.53. The summed E-state index contributed by atoms with van der Waals surface area (Å²) in [6, 6.07) is 3.32. The average Bonchev–Trinajstić information content (AvgIpc) is 2.04. The Morgan fingerprint density at radius 3 is 3.00 bits per heavy atom. The molecule has 56 valence electrons. The Bertz CT molecular complexity index is 288. The summed E-state index contributed by atoms with van der Waals surface area (Å²) < 4.78 is 12.8. The van der Waals surface area contributed by atoms with Crippen molar-refractivity contribution >= 4 is 0 Å². The summed E-state index contributed by atoms with van der Waals surface area (Å²) in [7, 11) is 0. The minimum Gasteiger partial charge on any atom is -0.228 e. The van der Waals surface area contributed by atoms with Crippen molar-refractivity contribution < 1.29 is 4.39 Å². The number of halogens is 1. The molecule has 0 aliphatic carbocycles. The molecule has 11 heavy (non-hydrogen) atoms. The molecule has 1 heterocycles. The maximum atomic E-state index is 12.8. The van der Waals surface area contributed by atoms with Gasteiger partial charge in [-0.25, -0.2) is 4.98 Å². The first-order chi connectivity index (χ1) is 5.25. The van der Waals surface area contributed by atoms with Gasteiger partial charge < -0.3 is 0 Å². The summed E-state index contributed by atoms with van der Waals surface area (Å²) in [6.45, 7) is 1.76. The van der Waals surface area contributed by atoms with E-state index in [1.54, 1.807) is 19.1 Å². The summed E-state index contributed by atoms with van der Waals surface area (Å²) in [5.74, 6) is 1.76. The Morgan fingerprint density at radius 2 is 2.45 bits per heavy atom. The summed E-state index contributed by atoms with van der Waals surface area (Å²) >= 11 is 0. The van der Waals surface area contributed by atoms with E-state index in [4.69, 9.17) is 6.42 Å². The number of hydrogen-bond donors (Lipinski definition) is 0. The van der Waals surface area contributed by atoms with Crippen LogP contribution in [0.15, 0.2) is 18.3 Å². The van der Waals surface area contributed by atoms with E-state index in [9.17, 15) is 4.39 Å². The first-order valence-corrected chi connectivity index (χ1v) is 3.32. The van der Waals surface area contributed by atoms with Crippen molar-refractivity contribution in [3.8, 4) is 12.3 Å². The Kier molecular flexibility index (Phi) is 2.22. The van der Waals surface area contributed by atoms with E-state index in [0.29, 0.717) is 5.56 Å². The molecular weight excluding hydrogens is 141 g/mol. The van der Waals surface area contributed by atoms with Crippen LogP contribution in [-0.2, 0) is 0 Å². The summed E-state index contributed by atoms with van der Waals surface area (Å²) in [4.78, 5) is 3.49. The lowest BCUT2D eigenvalue weighted by atomic mass is 10.0. The molecule has 0 radical (unpaired) electrons. The standard InChI is InChI=1S/C9H8FN/c1-3-7(2)8-5-4-6-11-9(8)10/h1,4-7H,2H3. The highest BCUT2D eigenvalue weighted by atomic mass is 19.1. The van der Waals surface area contributed by atoms with Gasteiger partial charge in [-0.2, -0.15) is 4.39 Å². The minimum absolute atomic E-state index is 0.205. The van der Waals surface area contributed by atoms with E-state index in [1.807, 2.05) is 0 Å². The number of aromatic nitrogens is 1. The Morgan fingerprint density at radius 1 is 1.73 bits per heavy atom. The number of hydrogen-bond acceptors (Lipinski definition) is 1. The van der Waals surface area contributed by atoms with E-state index in [2.05, 4.69) is 10.9 Å². The van der Waals surface area contributed by atoms with Gasteiger partial charge in [0.05, 0.1) is 0 Å². The average molecular weight is 149 g/mol. The molecule has 0 saturated carbocycles. The Labute approximate surface area is 65.3 Å². The van der Waals surface area contributed by atoms with Crippen LogP contribution in [0, 0.1) is 18.3 Å². The van der Waals surface area contributed by atoms with E-state index >= 15 is 0 Å². The zero-order chi connectivity index (χ0) is 8.27. The molecule has 1 aromatic heterocycles. The van der Waals surface area contributed by atoms with Crippen molar-refractivity contribution in [2.45, 2.75) is 12.8 Å². The normalized spacial score (nSPS) is 12.1. The van der Waals surface area contributed by atoms with Gasteiger partial charge in [0.2, 0.25) is 5.95 Å². The summed E-state index contributed by atoms with van der Waals surface area (Å²) in [5.41, 5.74) is 0.481. The number of pyridine rings is 1. The monoisotopic (exact) mass is 149 g/mol. The second kappa shape index (κ2) is 3.16. The van der Waals surface area contributed by atoms with E-state index in [1.165, 1.54) is 6.20 Å². The van der Waals surface area contributed by atoms with Crippen LogP contribution < -0.4 is 0 Å². The van der Waals surface area contributed by atoms with Crippen molar-refractivity contribution in [3.05, 3.63) is 29.8 Å². The quantitative estimate of drug-likeness (QED) is 0.439. The van der Waals surface area contributed by atoms with Crippen molar-refractivity contribution in [1.82, 2.24) is 4.98 Å².